The maximum atomic E-state index is 9.75. The number of ether oxygens (including phenoxy) is 6. The van der Waals surface area contributed by atoms with Gasteiger partial charge in [0.1, 0.15) is 0 Å². The number of rotatable bonds is 24. The fourth-order valence-electron chi connectivity index (χ4n) is 5.00. The highest BCUT2D eigenvalue weighted by Gasteiger charge is 2.27. The molecule has 0 aromatic heterocycles. The van der Waals surface area contributed by atoms with Crippen molar-refractivity contribution in [3.05, 3.63) is 71.8 Å². The Labute approximate surface area is 341 Å². The molecule has 0 saturated heterocycles. The predicted molar refractivity (Wildman–Crippen MR) is 228 cm³/mol. The Bertz CT molecular complexity index is 1100. The molecule has 2 aromatic carbocycles. The van der Waals surface area contributed by atoms with Gasteiger partial charge < -0.3 is 49.3 Å². The number of aliphatic hydroxyl groups is 2. The van der Waals surface area contributed by atoms with Crippen LogP contribution in [0.25, 0.3) is 0 Å². The molecule has 0 unspecified atom stereocenters. The van der Waals surface area contributed by atoms with Crippen molar-refractivity contribution in [2.75, 3.05) is 52.9 Å². The van der Waals surface area contributed by atoms with Gasteiger partial charge in [-0.25, -0.2) is 0 Å². The molecule has 4 atom stereocenters. The van der Waals surface area contributed by atoms with E-state index in [-0.39, 0.29) is 71.6 Å². The largest absolute Gasteiger partial charge is 0.395 e. The highest BCUT2D eigenvalue weighted by atomic mass is 16.7. The van der Waals surface area contributed by atoms with Crippen LogP contribution in [-0.2, 0) is 41.6 Å². The van der Waals surface area contributed by atoms with Gasteiger partial charge in [-0.1, -0.05) is 144 Å². The molecule has 0 radical (unpaired) electrons. The average molecular weight is 791 g/mol. The van der Waals surface area contributed by atoms with Crippen LogP contribution in [0.4, 0.5) is 0 Å². The molecule has 0 aliphatic carbocycles. The fraction of sp³-hybridized carbons (Fsp3) is 0.739. The molecular weight excluding hydrogens is 709 g/mol. The average Bonchev–Trinajstić information content (AvgIpc) is 3.10. The minimum absolute atomic E-state index is 0.00953. The van der Waals surface area contributed by atoms with Crippen LogP contribution in [0.1, 0.15) is 108 Å². The van der Waals surface area contributed by atoms with E-state index in [0.29, 0.717) is 52.9 Å². The van der Waals surface area contributed by atoms with Crippen molar-refractivity contribution in [1.29, 1.82) is 0 Å². The summed E-state index contributed by atoms with van der Waals surface area (Å²) in [5, 5.41) is 26.3. The van der Waals surface area contributed by atoms with E-state index in [1.807, 2.05) is 74.5 Å². The van der Waals surface area contributed by atoms with Crippen LogP contribution in [0, 0.1) is 21.7 Å². The molecule has 0 spiro atoms. The number of hydrogen-bond donors (Lipinski definition) is 4. The molecule has 0 fully saturated rings. The summed E-state index contributed by atoms with van der Waals surface area (Å²) in [7, 11) is 0. The first-order chi connectivity index (χ1) is 26.0. The van der Waals surface area contributed by atoms with Gasteiger partial charge in [-0.05, 0) is 46.6 Å². The lowest BCUT2D eigenvalue weighted by atomic mass is 9.98. The molecule has 4 N–H and O–H groups in total. The zero-order chi connectivity index (χ0) is 42.4. The standard InChI is InChI=1S/2C23H41NO4/c2*1-18(21(27-16-22(2,3)4)28-17-23(5,6)7)24-20(13-25)15-26-14-19-11-9-8-10-12-19/h2*8-12,18,20-21,24-25H,13-17H2,1-7H3/t18-,20+;18-,20-/m01/s1. The van der Waals surface area contributed by atoms with Crippen LogP contribution in [0.15, 0.2) is 60.7 Å². The SMILES string of the molecule is C[C@@H](N[C@H](CO)COCc1ccccc1)C(OCC(C)(C)C)OCC(C)(C)C.C[C@H](N[C@H](CO)COCc1ccccc1)C(OCC(C)(C)C)OCC(C)(C)C. The van der Waals surface area contributed by atoms with Crippen molar-refractivity contribution in [1.82, 2.24) is 10.6 Å². The van der Waals surface area contributed by atoms with Gasteiger partial charge in [-0.2, -0.15) is 0 Å². The molecule has 10 heteroatoms. The van der Waals surface area contributed by atoms with Gasteiger partial charge in [0.2, 0.25) is 0 Å². The number of aliphatic hydroxyl groups excluding tert-OH is 2. The Morgan fingerprint density at radius 1 is 0.464 bits per heavy atom. The molecular formula is C46H82N2O8. The highest BCUT2D eigenvalue weighted by molar-refractivity contribution is 5.14. The molecule has 10 nitrogen and oxygen atoms in total. The Morgan fingerprint density at radius 3 is 0.964 bits per heavy atom. The smallest absolute Gasteiger partial charge is 0.172 e. The van der Waals surface area contributed by atoms with Crippen LogP contribution in [0.2, 0.25) is 0 Å². The molecule has 0 aliphatic heterocycles. The van der Waals surface area contributed by atoms with Crippen LogP contribution in [0.5, 0.6) is 0 Å². The highest BCUT2D eigenvalue weighted by Crippen LogP contribution is 2.21. The first kappa shape index (κ1) is 52.1. The minimum atomic E-state index is -0.387. The third-order valence-electron chi connectivity index (χ3n) is 7.84. The van der Waals surface area contributed by atoms with Crippen molar-refractivity contribution < 1.29 is 38.6 Å². The Morgan fingerprint density at radius 2 is 0.732 bits per heavy atom. The van der Waals surface area contributed by atoms with Crippen LogP contribution >= 0.6 is 0 Å². The second kappa shape index (κ2) is 26.2. The van der Waals surface area contributed by atoms with Crippen molar-refractivity contribution in [3.8, 4) is 0 Å². The molecule has 0 amide bonds. The molecule has 324 valence electrons. The van der Waals surface area contributed by atoms with Crippen LogP contribution < -0.4 is 10.6 Å². The maximum Gasteiger partial charge on any atom is 0.172 e. The summed E-state index contributed by atoms with van der Waals surface area (Å²) in [6.45, 7) is 34.0. The van der Waals surface area contributed by atoms with E-state index in [1.54, 1.807) is 0 Å². The topological polar surface area (TPSA) is 120 Å². The maximum absolute atomic E-state index is 9.75. The summed E-state index contributed by atoms with van der Waals surface area (Å²) < 4.78 is 35.9. The van der Waals surface area contributed by atoms with Crippen molar-refractivity contribution in [2.24, 2.45) is 21.7 Å². The third kappa shape index (κ3) is 27.6. The lowest BCUT2D eigenvalue weighted by Crippen LogP contribution is -2.50. The summed E-state index contributed by atoms with van der Waals surface area (Å²) in [4.78, 5) is 0. The summed E-state index contributed by atoms with van der Waals surface area (Å²) >= 11 is 0. The van der Waals surface area contributed by atoms with E-state index in [9.17, 15) is 10.2 Å². The molecule has 56 heavy (non-hydrogen) atoms. The van der Waals surface area contributed by atoms with E-state index in [4.69, 9.17) is 28.4 Å². The molecule has 0 heterocycles. The zero-order valence-electron chi connectivity index (χ0n) is 37.7. The molecule has 0 aliphatic rings. The molecule has 0 bridgehead atoms. The van der Waals surface area contributed by atoms with Gasteiger partial charge >= 0.3 is 0 Å². The second-order valence-corrected chi connectivity index (χ2v) is 19.9. The van der Waals surface area contributed by atoms with Gasteiger partial charge in [0.15, 0.2) is 12.6 Å². The first-order valence-electron chi connectivity index (χ1n) is 20.4. The van der Waals surface area contributed by atoms with Gasteiger partial charge in [0.25, 0.3) is 0 Å². The number of nitrogens with one attached hydrogen (secondary N) is 2. The molecule has 2 rings (SSSR count). The Balaban J connectivity index is 0.000000560. The third-order valence-corrected chi connectivity index (χ3v) is 7.84. The van der Waals surface area contributed by atoms with E-state index < -0.39 is 0 Å². The quantitative estimate of drug-likeness (QED) is 0.0780. The van der Waals surface area contributed by atoms with Crippen LogP contribution in [0.3, 0.4) is 0 Å². The van der Waals surface area contributed by atoms with E-state index in [1.165, 1.54) is 0 Å². The van der Waals surface area contributed by atoms with Crippen LogP contribution in [-0.4, -0.2) is 99.8 Å². The van der Waals surface area contributed by atoms with E-state index in [0.717, 1.165) is 11.1 Å². The Kier molecular flexibility index (Phi) is 24.4. The minimum Gasteiger partial charge on any atom is -0.395 e. The van der Waals surface area contributed by atoms with Gasteiger partial charge in [-0.3, -0.25) is 0 Å². The second-order valence-electron chi connectivity index (χ2n) is 19.9. The number of benzene rings is 2. The Hall–Kier alpha value is -1.96. The van der Waals surface area contributed by atoms with Crippen molar-refractivity contribution >= 4 is 0 Å². The summed E-state index contributed by atoms with van der Waals surface area (Å²) in [5.41, 5.74) is 2.45. The molecule has 0 saturated carbocycles. The monoisotopic (exact) mass is 791 g/mol. The predicted octanol–water partition coefficient (Wildman–Crippen LogP) is 7.99. The molecule has 2 aromatic rings. The van der Waals surface area contributed by atoms with Crippen molar-refractivity contribution in [3.63, 3.8) is 0 Å². The number of hydrogen-bond acceptors (Lipinski definition) is 10. The van der Waals surface area contributed by atoms with E-state index >= 15 is 0 Å². The normalized spacial score (nSPS) is 15.0. The first-order valence-corrected chi connectivity index (χ1v) is 20.4. The van der Waals surface area contributed by atoms with E-state index in [2.05, 4.69) is 93.7 Å². The van der Waals surface area contributed by atoms with Gasteiger partial charge in [-0.15, -0.1) is 0 Å². The lowest BCUT2D eigenvalue weighted by molar-refractivity contribution is -0.183. The van der Waals surface area contributed by atoms with Gasteiger partial charge in [0.05, 0.1) is 90.2 Å². The lowest BCUT2D eigenvalue weighted by Gasteiger charge is -2.32. The van der Waals surface area contributed by atoms with Gasteiger partial charge in [0, 0.05) is 0 Å². The summed E-state index contributed by atoms with van der Waals surface area (Å²) in [5.74, 6) is 0. The summed E-state index contributed by atoms with van der Waals surface area (Å²) in [6, 6.07) is 19.5. The van der Waals surface area contributed by atoms with Crippen molar-refractivity contribution in [2.45, 2.75) is 147 Å². The fourth-order valence-corrected chi connectivity index (χ4v) is 5.00. The summed E-state index contributed by atoms with van der Waals surface area (Å²) in [6.07, 6.45) is -0.775. The zero-order valence-corrected chi connectivity index (χ0v) is 37.7.